The van der Waals surface area contributed by atoms with Crippen LogP contribution < -0.4 is 10.2 Å². The highest BCUT2D eigenvalue weighted by molar-refractivity contribution is 6.38. The van der Waals surface area contributed by atoms with E-state index in [4.69, 9.17) is 20.9 Å². The predicted molar refractivity (Wildman–Crippen MR) is 119 cm³/mol. The third kappa shape index (κ3) is 3.56. The molecule has 3 aromatic rings. The molecule has 0 atom stereocenters. The first-order valence-corrected chi connectivity index (χ1v) is 10.3. The molecule has 2 aliphatic rings. The summed E-state index contributed by atoms with van der Waals surface area (Å²) >= 11 is 6.54. The molecule has 1 aromatic heterocycles. The highest BCUT2D eigenvalue weighted by atomic mass is 35.5. The van der Waals surface area contributed by atoms with Gasteiger partial charge in [-0.2, -0.15) is 0 Å². The van der Waals surface area contributed by atoms with Crippen molar-refractivity contribution in [1.82, 2.24) is 5.16 Å². The van der Waals surface area contributed by atoms with E-state index in [2.05, 4.69) is 27.5 Å². The van der Waals surface area contributed by atoms with Crippen LogP contribution in [0.3, 0.4) is 0 Å². The monoisotopic (exact) mass is 437 g/mol. The van der Waals surface area contributed by atoms with Gasteiger partial charge < -0.3 is 24.6 Å². The van der Waals surface area contributed by atoms with E-state index < -0.39 is 5.91 Å². The van der Waals surface area contributed by atoms with Crippen LogP contribution >= 0.6 is 11.6 Å². The van der Waals surface area contributed by atoms with Crippen LogP contribution in [-0.2, 0) is 9.53 Å². The predicted octanol–water partition coefficient (Wildman–Crippen LogP) is 4.52. The number of aromatic nitrogens is 1. The summed E-state index contributed by atoms with van der Waals surface area (Å²) in [7, 11) is 0. The van der Waals surface area contributed by atoms with Gasteiger partial charge >= 0.3 is 0 Å². The van der Waals surface area contributed by atoms with Crippen molar-refractivity contribution in [2.45, 2.75) is 6.92 Å². The van der Waals surface area contributed by atoms with E-state index in [-0.39, 0.29) is 17.1 Å². The molecule has 8 heteroatoms. The number of benzene rings is 2. The highest BCUT2D eigenvalue weighted by Crippen LogP contribution is 2.42. The zero-order valence-electron chi connectivity index (χ0n) is 16.8. The van der Waals surface area contributed by atoms with Gasteiger partial charge in [0.15, 0.2) is 5.76 Å². The molecule has 1 amide bonds. The van der Waals surface area contributed by atoms with Gasteiger partial charge in [0.1, 0.15) is 0 Å². The second-order valence-electron chi connectivity index (χ2n) is 7.53. The minimum atomic E-state index is -0.419. The summed E-state index contributed by atoms with van der Waals surface area (Å²) in [5, 5.41) is 17.7. The van der Waals surface area contributed by atoms with E-state index in [9.17, 15) is 9.90 Å². The second-order valence-corrected chi connectivity index (χ2v) is 7.94. The Morgan fingerprint density at radius 3 is 2.55 bits per heavy atom. The second kappa shape index (κ2) is 7.76. The fourth-order valence-electron chi connectivity index (χ4n) is 3.92. The molecule has 3 heterocycles. The highest BCUT2D eigenvalue weighted by Gasteiger charge is 2.31. The number of hydrogen-bond acceptors (Lipinski definition) is 6. The van der Waals surface area contributed by atoms with E-state index >= 15 is 0 Å². The molecule has 0 aliphatic carbocycles. The van der Waals surface area contributed by atoms with Crippen molar-refractivity contribution in [3.05, 3.63) is 64.5 Å². The number of morpholine rings is 1. The van der Waals surface area contributed by atoms with E-state index in [0.29, 0.717) is 22.0 Å². The number of carbonyl (C=O) groups is 1. The van der Waals surface area contributed by atoms with Crippen LogP contribution in [-0.4, -0.2) is 42.5 Å². The summed E-state index contributed by atoms with van der Waals surface area (Å²) in [4.78, 5) is 14.9. The Kier molecular flexibility index (Phi) is 4.92. The van der Waals surface area contributed by atoms with E-state index in [1.54, 1.807) is 19.1 Å². The number of rotatable bonds is 3. The van der Waals surface area contributed by atoms with Gasteiger partial charge in [-0.15, -0.1) is 0 Å². The molecule has 7 nitrogen and oxygen atoms in total. The standard InChI is InChI=1S/C23H20ClN3O4/c1-13-10-20(31-26-13)22(28)21-17-11-16(18(24)12-19(17)25-23(21)29)14-2-4-15(5-3-14)27-6-8-30-9-7-27/h2-5,10-12,28H,6-9H2,1H3,(H,25,29). The Balaban J connectivity index is 1.54. The normalized spacial score (nSPS) is 17.5. The van der Waals surface area contributed by atoms with Crippen LogP contribution in [0.4, 0.5) is 11.4 Å². The zero-order valence-corrected chi connectivity index (χ0v) is 17.6. The number of halogens is 1. The SMILES string of the molecule is Cc1cc(C(O)=C2C(=O)Nc3cc(Cl)c(-c4ccc(N5CCOCC5)cc4)cc32)on1. The fourth-order valence-corrected chi connectivity index (χ4v) is 4.19. The van der Waals surface area contributed by atoms with Crippen molar-refractivity contribution in [3.63, 3.8) is 0 Å². The summed E-state index contributed by atoms with van der Waals surface area (Å²) in [6, 6.07) is 13.2. The molecule has 1 saturated heterocycles. The molecule has 2 aliphatic heterocycles. The van der Waals surface area contributed by atoms with Crippen molar-refractivity contribution >= 4 is 40.2 Å². The Morgan fingerprint density at radius 1 is 1.13 bits per heavy atom. The number of anilines is 2. The maximum absolute atomic E-state index is 12.6. The molecular formula is C23H20ClN3O4. The average molecular weight is 438 g/mol. The van der Waals surface area contributed by atoms with Crippen LogP contribution in [0, 0.1) is 6.92 Å². The molecule has 158 valence electrons. The van der Waals surface area contributed by atoms with Crippen molar-refractivity contribution in [3.8, 4) is 11.1 Å². The Labute approximate surface area is 183 Å². The molecule has 2 aromatic carbocycles. The third-order valence-corrected chi connectivity index (χ3v) is 5.82. The van der Waals surface area contributed by atoms with Gasteiger partial charge in [0.2, 0.25) is 5.76 Å². The van der Waals surface area contributed by atoms with Gasteiger partial charge in [-0.25, -0.2) is 0 Å². The molecule has 0 spiro atoms. The Hall–Kier alpha value is -3.29. The minimum Gasteiger partial charge on any atom is -0.504 e. The number of ether oxygens (including phenoxy) is 1. The molecule has 0 saturated carbocycles. The smallest absolute Gasteiger partial charge is 0.260 e. The maximum Gasteiger partial charge on any atom is 0.260 e. The number of carbonyl (C=O) groups excluding carboxylic acids is 1. The quantitative estimate of drug-likeness (QED) is 0.462. The van der Waals surface area contributed by atoms with Crippen molar-refractivity contribution < 1.29 is 19.2 Å². The first-order chi connectivity index (χ1) is 15.0. The summed E-state index contributed by atoms with van der Waals surface area (Å²) in [6.07, 6.45) is 0. The average Bonchev–Trinajstić information content (AvgIpc) is 3.35. The maximum atomic E-state index is 12.6. The molecule has 0 unspecified atom stereocenters. The number of aliphatic hydroxyl groups excluding tert-OH is 1. The van der Waals surface area contributed by atoms with Crippen molar-refractivity contribution in [1.29, 1.82) is 0 Å². The van der Waals surface area contributed by atoms with Crippen molar-refractivity contribution in [2.75, 3.05) is 36.5 Å². The van der Waals surface area contributed by atoms with Gasteiger partial charge in [0, 0.05) is 36.0 Å². The third-order valence-electron chi connectivity index (χ3n) is 5.50. The van der Waals surface area contributed by atoms with Crippen LogP contribution in [0.15, 0.2) is 47.0 Å². The molecule has 1 fully saturated rings. The van der Waals surface area contributed by atoms with Crippen molar-refractivity contribution in [2.24, 2.45) is 0 Å². The number of nitrogens with one attached hydrogen (secondary N) is 1. The number of amides is 1. The summed E-state index contributed by atoms with van der Waals surface area (Å²) in [5.74, 6) is -0.535. The minimum absolute atomic E-state index is 0.133. The number of aryl methyl sites for hydroxylation is 1. The number of aliphatic hydroxyl groups is 1. The number of hydrogen-bond donors (Lipinski definition) is 2. The zero-order chi connectivity index (χ0) is 21.5. The topological polar surface area (TPSA) is 87.8 Å². The van der Waals surface area contributed by atoms with E-state index in [1.165, 1.54) is 0 Å². The molecule has 0 radical (unpaired) electrons. The van der Waals surface area contributed by atoms with Gasteiger partial charge in [0.05, 0.1) is 35.2 Å². The molecule has 5 rings (SSSR count). The fraction of sp³-hybridized carbons (Fsp3) is 0.217. The summed E-state index contributed by atoms with van der Waals surface area (Å²) in [5.41, 5.74) is 4.66. The van der Waals surface area contributed by atoms with Gasteiger partial charge in [-0.1, -0.05) is 28.9 Å². The van der Waals surface area contributed by atoms with Gasteiger partial charge in [0.25, 0.3) is 5.91 Å². The lowest BCUT2D eigenvalue weighted by molar-refractivity contribution is -0.110. The van der Waals surface area contributed by atoms with Crippen LogP contribution in [0.5, 0.6) is 0 Å². The van der Waals surface area contributed by atoms with Gasteiger partial charge in [-0.3, -0.25) is 4.79 Å². The van der Waals surface area contributed by atoms with Crippen LogP contribution in [0.25, 0.3) is 22.5 Å². The van der Waals surface area contributed by atoms with Crippen LogP contribution in [0.1, 0.15) is 17.0 Å². The van der Waals surface area contributed by atoms with Gasteiger partial charge in [-0.05, 0) is 36.8 Å². The first kappa shape index (κ1) is 19.7. The Bertz CT molecular complexity index is 1190. The summed E-state index contributed by atoms with van der Waals surface area (Å²) < 4.78 is 10.5. The lowest BCUT2D eigenvalue weighted by Crippen LogP contribution is -2.36. The first-order valence-electron chi connectivity index (χ1n) is 9.96. The number of nitrogens with zero attached hydrogens (tertiary/aromatic N) is 2. The van der Waals surface area contributed by atoms with E-state index in [0.717, 1.165) is 43.1 Å². The molecule has 31 heavy (non-hydrogen) atoms. The Morgan fingerprint density at radius 2 is 1.87 bits per heavy atom. The van der Waals surface area contributed by atoms with E-state index in [1.807, 2.05) is 18.2 Å². The van der Waals surface area contributed by atoms with Crippen LogP contribution in [0.2, 0.25) is 5.02 Å². The molecule has 0 bridgehead atoms. The molecular weight excluding hydrogens is 418 g/mol. The lowest BCUT2D eigenvalue weighted by atomic mass is 9.98. The largest absolute Gasteiger partial charge is 0.504 e. The summed E-state index contributed by atoms with van der Waals surface area (Å²) in [6.45, 7) is 4.92. The molecule has 2 N–H and O–H groups in total. The lowest BCUT2D eigenvalue weighted by Gasteiger charge is -2.29. The number of fused-ring (bicyclic) bond motifs is 1.